The molecule has 6 nitrogen and oxygen atoms in total. The van der Waals surface area contributed by atoms with Crippen LogP contribution >= 0.6 is 0 Å². The topological polar surface area (TPSA) is 69.0 Å². The first kappa shape index (κ1) is 20.3. The molecule has 156 valence electrons. The molecule has 0 aliphatic carbocycles. The van der Waals surface area contributed by atoms with Gasteiger partial charge in [0.1, 0.15) is 11.4 Å². The van der Waals surface area contributed by atoms with Crippen LogP contribution in [0.15, 0.2) is 72.9 Å². The smallest absolute Gasteiger partial charge is 0.270 e. The number of carbonyl (C=O) groups is 1. The standard InChI is InChI=1S/C25H24N4O2/c1-17-7-8-19(14-18(17)2)23-15-24(25(30)27-16-20-6-4-5-13-26-20)29(28-23)21-9-11-22(31-3)12-10-21/h4-15H,16H2,1-3H3,(H,27,30). The molecule has 0 aliphatic heterocycles. The Hall–Kier alpha value is -3.93. The molecular weight excluding hydrogens is 388 g/mol. The molecule has 0 unspecified atom stereocenters. The summed E-state index contributed by atoms with van der Waals surface area (Å²) in [6.45, 7) is 4.48. The first-order chi connectivity index (χ1) is 15.0. The van der Waals surface area contributed by atoms with Crippen LogP contribution in [0.2, 0.25) is 0 Å². The number of nitrogens with one attached hydrogen (secondary N) is 1. The first-order valence-corrected chi connectivity index (χ1v) is 10.1. The van der Waals surface area contributed by atoms with Gasteiger partial charge in [-0.3, -0.25) is 9.78 Å². The summed E-state index contributed by atoms with van der Waals surface area (Å²) < 4.78 is 6.92. The molecule has 1 N–H and O–H groups in total. The number of methoxy groups -OCH3 is 1. The van der Waals surface area contributed by atoms with Crippen LogP contribution in [0.5, 0.6) is 5.75 Å². The third kappa shape index (κ3) is 4.48. The second-order valence-electron chi connectivity index (χ2n) is 7.33. The minimum atomic E-state index is -0.218. The minimum absolute atomic E-state index is 0.218. The number of pyridine rings is 1. The Morgan fingerprint density at radius 1 is 1.00 bits per heavy atom. The van der Waals surface area contributed by atoms with E-state index < -0.39 is 0 Å². The zero-order valence-corrected chi connectivity index (χ0v) is 17.8. The monoisotopic (exact) mass is 412 g/mol. The number of hydrogen-bond donors (Lipinski definition) is 1. The quantitative estimate of drug-likeness (QED) is 0.507. The van der Waals surface area contributed by atoms with Crippen molar-refractivity contribution in [3.05, 3.63) is 95.4 Å². The Labute approximate surface area is 181 Å². The van der Waals surface area contributed by atoms with Crippen molar-refractivity contribution in [2.24, 2.45) is 0 Å². The van der Waals surface area contributed by atoms with Crippen molar-refractivity contribution in [3.8, 4) is 22.7 Å². The molecule has 1 amide bonds. The summed E-state index contributed by atoms with van der Waals surface area (Å²) in [5, 5.41) is 7.70. The first-order valence-electron chi connectivity index (χ1n) is 10.1. The molecule has 0 bridgehead atoms. The number of ether oxygens (including phenoxy) is 1. The Morgan fingerprint density at radius 2 is 1.81 bits per heavy atom. The molecule has 0 saturated heterocycles. The van der Waals surface area contributed by atoms with Crippen LogP contribution < -0.4 is 10.1 Å². The van der Waals surface area contributed by atoms with Gasteiger partial charge in [-0.15, -0.1) is 0 Å². The number of benzene rings is 2. The fraction of sp³-hybridized carbons (Fsp3) is 0.160. The molecule has 0 radical (unpaired) electrons. The van der Waals surface area contributed by atoms with E-state index in [1.165, 1.54) is 11.1 Å². The Morgan fingerprint density at radius 3 is 2.48 bits per heavy atom. The Bertz CT molecular complexity index is 1200. The van der Waals surface area contributed by atoms with E-state index in [4.69, 9.17) is 9.84 Å². The lowest BCUT2D eigenvalue weighted by Crippen LogP contribution is -2.25. The second kappa shape index (κ2) is 8.83. The molecular formula is C25H24N4O2. The third-order valence-electron chi connectivity index (χ3n) is 5.22. The van der Waals surface area contributed by atoms with E-state index in [9.17, 15) is 4.79 Å². The van der Waals surface area contributed by atoms with Crippen LogP contribution in [0.4, 0.5) is 0 Å². The van der Waals surface area contributed by atoms with Crippen molar-refractivity contribution in [1.29, 1.82) is 0 Å². The number of nitrogens with zero attached hydrogens (tertiary/aromatic N) is 3. The van der Waals surface area contributed by atoms with Crippen LogP contribution in [-0.2, 0) is 6.54 Å². The highest BCUT2D eigenvalue weighted by atomic mass is 16.5. The average Bonchev–Trinajstić information content (AvgIpc) is 3.25. The summed E-state index contributed by atoms with van der Waals surface area (Å²) >= 11 is 0. The van der Waals surface area contributed by atoms with E-state index in [2.05, 4.69) is 36.3 Å². The maximum atomic E-state index is 13.1. The van der Waals surface area contributed by atoms with E-state index in [-0.39, 0.29) is 5.91 Å². The molecule has 2 aromatic heterocycles. The summed E-state index contributed by atoms with van der Waals surface area (Å²) in [6, 6.07) is 21.1. The van der Waals surface area contributed by atoms with Gasteiger partial charge in [0, 0.05) is 11.8 Å². The van der Waals surface area contributed by atoms with Gasteiger partial charge in [0.2, 0.25) is 0 Å². The van der Waals surface area contributed by atoms with Gasteiger partial charge < -0.3 is 10.1 Å². The molecule has 2 heterocycles. The molecule has 0 atom stereocenters. The van der Waals surface area contributed by atoms with Crippen LogP contribution in [-0.4, -0.2) is 27.8 Å². The van der Waals surface area contributed by atoms with Gasteiger partial charge >= 0.3 is 0 Å². The predicted octanol–water partition coefficient (Wildman–Crippen LogP) is 4.49. The maximum absolute atomic E-state index is 13.1. The maximum Gasteiger partial charge on any atom is 0.270 e. The van der Waals surface area contributed by atoms with Gasteiger partial charge in [-0.2, -0.15) is 5.10 Å². The number of aromatic nitrogens is 3. The lowest BCUT2D eigenvalue weighted by molar-refractivity contribution is 0.0942. The number of amides is 1. The van der Waals surface area contributed by atoms with Gasteiger partial charge in [-0.05, 0) is 73.5 Å². The SMILES string of the molecule is COc1ccc(-n2nc(-c3ccc(C)c(C)c3)cc2C(=O)NCc2ccccn2)cc1. The highest BCUT2D eigenvalue weighted by Gasteiger charge is 2.18. The van der Waals surface area contributed by atoms with Crippen molar-refractivity contribution in [2.45, 2.75) is 20.4 Å². The fourth-order valence-electron chi connectivity index (χ4n) is 3.27. The molecule has 0 saturated carbocycles. The van der Waals surface area contributed by atoms with Crippen molar-refractivity contribution >= 4 is 5.91 Å². The van der Waals surface area contributed by atoms with Crippen molar-refractivity contribution in [3.63, 3.8) is 0 Å². The van der Waals surface area contributed by atoms with Crippen LogP contribution in [0.3, 0.4) is 0 Å². The number of carbonyl (C=O) groups excluding carboxylic acids is 1. The van der Waals surface area contributed by atoms with E-state index in [1.807, 2.05) is 54.6 Å². The lowest BCUT2D eigenvalue weighted by Gasteiger charge is -2.09. The average molecular weight is 412 g/mol. The van der Waals surface area contributed by atoms with Crippen molar-refractivity contribution in [2.75, 3.05) is 7.11 Å². The van der Waals surface area contributed by atoms with E-state index in [1.54, 1.807) is 18.0 Å². The lowest BCUT2D eigenvalue weighted by atomic mass is 10.0. The molecule has 4 aromatic rings. The molecule has 0 fully saturated rings. The predicted molar refractivity (Wildman–Crippen MR) is 120 cm³/mol. The number of aryl methyl sites for hydroxylation is 2. The van der Waals surface area contributed by atoms with Crippen LogP contribution in [0.1, 0.15) is 27.3 Å². The third-order valence-corrected chi connectivity index (χ3v) is 5.22. The molecule has 2 aromatic carbocycles. The zero-order chi connectivity index (χ0) is 21.8. The Kier molecular flexibility index (Phi) is 5.80. The highest BCUT2D eigenvalue weighted by molar-refractivity contribution is 5.94. The summed E-state index contributed by atoms with van der Waals surface area (Å²) in [4.78, 5) is 17.3. The fourth-order valence-corrected chi connectivity index (χ4v) is 3.27. The zero-order valence-electron chi connectivity index (χ0n) is 17.8. The molecule has 0 aliphatic rings. The minimum Gasteiger partial charge on any atom is -0.497 e. The van der Waals surface area contributed by atoms with Crippen molar-refractivity contribution in [1.82, 2.24) is 20.1 Å². The highest BCUT2D eigenvalue weighted by Crippen LogP contribution is 2.25. The van der Waals surface area contributed by atoms with Gasteiger partial charge in [0.05, 0.1) is 30.7 Å². The van der Waals surface area contributed by atoms with Gasteiger partial charge in [0.15, 0.2) is 0 Å². The molecule has 6 heteroatoms. The Balaban J connectivity index is 1.71. The normalized spacial score (nSPS) is 10.7. The number of hydrogen-bond acceptors (Lipinski definition) is 4. The molecule has 31 heavy (non-hydrogen) atoms. The summed E-state index contributed by atoms with van der Waals surface area (Å²) in [5.41, 5.74) is 6.12. The largest absolute Gasteiger partial charge is 0.497 e. The second-order valence-corrected chi connectivity index (χ2v) is 7.33. The van der Waals surface area contributed by atoms with E-state index >= 15 is 0 Å². The van der Waals surface area contributed by atoms with Crippen molar-refractivity contribution < 1.29 is 9.53 Å². The summed E-state index contributed by atoms with van der Waals surface area (Å²) in [7, 11) is 1.62. The van der Waals surface area contributed by atoms with Gasteiger partial charge in [-0.25, -0.2) is 4.68 Å². The van der Waals surface area contributed by atoms with Gasteiger partial charge in [-0.1, -0.05) is 18.2 Å². The van der Waals surface area contributed by atoms with Crippen LogP contribution in [0.25, 0.3) is 16.9 Å². The summed E-state index contributed by atoms with van der Waals surface area (Å²) in [5.74, 6) is 0.524. The van der Waals surface area contributed by atoms with Crippen LogP contribution in [0, 0.1) is 13.8 Å². The van der Waals surface area contributed by atoms with E-state index in [0.29, 0.717) is 12.2 Å². The van der Waals surface area contributed by atoms with Gasteiger partial charge in [0.25, 0.3) is 5.91 Å². The van der Waals surface area contributed by atoms with E-state index in [0.717, 1.165) is 28.4 Å². The summed E-state index contributed by atoms with van der Waals surface area (Å²) in [6.07, 6.45) is 1.71. The molecule has 0 spiro atoms. The number of rotatable bonds is 6. The molecule has 4 rings (SSSR count).